The predicted octanol–water partition coefficient (Wildman–Crippen LogP) is 4.12. The van der Waals surface area contributed by atoms with Gasteiger partial charge in [0.2, 0.25) is 5.95 Å². The van der Waals surface area contributed by atoms with E-state index in [1.165, 1.54) is 11.1 Å². The summed E-state index contributed by atoms with van der Waals surface area (Å²) < 4.78 is 7.39. The SMILES string of the molecule is COc1cc2c(cc1Nc1ncc3c(Nc4c(C)cccc4C)nn(C)c3n1)CCNC2. The smallest absolute Gasteiger partial charge is 0.229 e. The fourth-order valence-corrected chi connectivity index (χ4v) is 4.22. The van der Waals surface area contributed by atoms with Crippen LogP contribution in [0.1, 0.15) is 22.3 Å². The summed E-state index contributed by atoms with van der Waals surface area (Å²) in [5.41, 5.74) is 7.58. The molecule has 1 aliphatic heterocycles. The lowest BCUT2D eigenvalue weighted by Gasteiger charge is -2.20. The molecular weight excluding hydrogens is 402 g/mol. The first-order chi connectivity index (χ1) is 15.5. The normalized spacial score (nSPS) is 13.1. The number of hydrogen-bond donors (Lipinski definition) is 3. The van der Waals surface area contributed by atoms with Gasteiger partial charge in [-0.05, 0) is 61.2 Å². The molecular formula is C24H27N7O. The van der Waals surface area contributed by atoms with Crippen LogP contribution < -0.4 is 20.7 Å². The van der Waals surface area contributed by atoms with Crippen LogP contribution >= 0.6 is 0 Å². The van der Waals surface area contributed by atoms with E-state index in [1.807, 2.05) is 13.2 Å². The van der Waals surface area contributed by atoms with Gasteiger partial charge in [-0.2, -0.15) is 10.1 Å². The number of nitrogens with one attached hydrogen (secondary N) is 3. The Kier molecular flexibility index (Phi) is 5.14. The summed E-state index contributed by atoms with van der Waals surface area (Å²) in [4.78, 5) is 9.30. The number of hydrogen-bond acceptors (Lipinski definition) is 7. The Bertz CT molecular complexity index is 1290. The van der Waals surface area contributed by atoms with Crippen LogP contribution in [-0.4, -0.2) is 33.4 Å². The summed E-state index contributed by atoms with van der Waals surface area (Å²) in [6, 6.07) is 10.4. The number of aromatic nitrogens is 4. The Labute approximate surface area is 187 Å². The predicted molar refractivity (Wildman–Crippen MR) is 127 cm³/mol. The zero-order valence-corrected chi connectivity index (χ0v) is 18.8. The largest absolute Gasteiger partial charge is 0.495 e. The van der Waals surface area contributed by atoms with E-state index in [0.29, 0.717) is 5.95 Å². The molecule has 0 spiro atoms. The molecule has 2 aromatic heterocycles. The van der Waals surface area contributed by atoms with Crippen molar-refractivity contribution in [1.29, 1.82) is 0 Å². The fraction of sp³-hybridized carbons (Fsp3) is 0.292. The van der Waals surface area contributed by atoms with E-state index in [2.05, 4.69) is 70.2 Å². The minimum Gasteiger partial charge on any atom is -0.495 e. The van der Waals surface area contributed by atoms with Gasteiger partial charge in [-0.3, -0.25) is 0 Å². The molecule has 0 fully saturated rings. The third-order valence-electron chi connectivity index (χ3n) is 5.96. The summed E-state index contributed by atoms with van der Waals surface area (Å²) in [7, 11) is 3.57. The molecule has 1 aliphatic rings. The highest BCUT2D eigenvalue weighted by molar-refractivity contribution is 5.90. The average molecular weight is 430 g/mol. The molecule has 3 N–H and O–H groups in total. The Morgan fingerprint density at radius 1 is 1.09 bits per heavy atom. The summed E-state index contributed by atoms with van der Waals surface area (Å²) in [6.07, 6.45) is 2.80. The number of rotatable bonds is 5. The molecule has 0 saturated carbocycles. The third kappa shape index (κ3) is 3.62. The van der Waals surface area contributed by atoms with Gasteiger partial charge in [0.1, 0.15) is 5.75 Å². The molecule has 0 aliphatic carbocycles. The van der Waals surface area contributed by atoms with Crippen LogP contribution in [0, 0.1) is 13.8 Å². The molecule has 0 saturated heterocycles. The van der Waals surface area contributed by atoms with Gasteiger partial charge in [-0.25, -0.2) is 9.67 Å². The minimum absolute atomic E-state index is 0.506. The lowest BCUT2D eigenvalue weighted by Crippen LogP contribution is -2.23. The molecule has 32 heavy (non-hydrogen) atoms. The van der Waals surface area contributed by atoms with Gasteiger partial charge >= 0.3 is 0 Å². The molecule has 0 radical (unpaired) electrons. The number of ether oxygens (including phenoxy) is 1. The van der Waals surface area contributed by atoms with E-state index in [-0.39, 0.29) is 0 Å². The molecule has 0 amide bonds. The van der Waals surface area contributed by atoms with Crippen LogP contribution in [-0.2, 0) is 20.0 Å². The van der Waals surface area contributed by atoms with Crippen molar-refractivity contribution >= 4 is 34.2 Å². The highest BCUT2D eigenvalue weighted by atomic mass is 16.5. The van der Waals surface area contributed by atoms with E-state index in [9.17, 15) is 0 Å². The number of fused-ring (bicyclic) bond motifs is 2. The monoisotopic (exact) mass is 429 g/mol. The number of methoxy groups -OCH3 is 1. The van der Waals surface area contributed by atoms with Crippen LogP contribution in [0.2, 0.25) is 0 Å². The van der Waals surface area contributed by atoms with Gasteiger partial charge in [0.05, 0.1) is 18.2 Å². The van der Waals surface area contributed by atoms with E-state index in [0.717, 1.165) is 64.6 Å². The van der Waals surface area contributed by atoms with E-state index in [1.54, 1.807) is 11.8 Å². The maximum Gasteiger partial charge on any atom is 0.229 e. The number of benzene rings is 2. The van der Waals surface area contributed by atoms with Gasteiger partial charge in [-0.15, -0.1) is 0 Å². The second-order valence-corrected chi connectivity index (χ2v) is 8.17. The summed E-state index contributed by atoms with van der Waals surface area (Å²) in [5, 5.41) is 15.7. The van der Waals surface area contributed by atoms with E-state index in [4.69, 9.17) is 9.72 Å². The molecule has 0 bridgehead atoms. The number of aryl methyl sites for hydroxylation is 3. The highest BCUT2D eigenvalue weighted by Gasteiger charge is 2.17. The van der Waals surface area contributed by atoms with Crippen LogP contribution in [0.15, 0.2) is 36.5 Å². The molecule has 8 nitrogen and oxygen atoms in total. The topological polar surface area (TPSA) is 88.9 Å². The van der Waals surface area contributed by atoms with Gasteiger partial charge in [0, 0.05) is 25.5 Å². The van der Waals surface area contributed by atoms with Crippen LogP contribution in [0.5, 0.6) is 5.75 Å². The second kappa shape index (κ2) is 8.12. The number of nitrogens with zero attached hydrogens (tertiary/aromatic N) is 4. The zero-order chi connectivity index (χ0) is 22.2. The van der Waals surface area contributed by atoms with Gasteiger partial charge in [-0.1, -0.05) is 18.2 Å². The van der Waals surface area contributed by atoms with Gasteiger partial charge in [0.15, 0.2) is 11.5 Å². The first-order valence-corrected chi connectivity index (χ1v) is 10.7. The van der Waals surface area contributed by atoms with E-state index < -0.39 is 0 Å². The van der Waals surface area contributed by atoms with Crippen molar-refractivity contribution in [2.24, 2.45) is 7.05 Å². The Balaban J connectivity index is 1.48. The molecule has 0 unspecified atom stereocenters. The number of para-hydroxylation sites is 1. The minimum atomic E-state index is 0.506. The Morgan fingerprint density at radius 3 is 2.69 bits per heavy atom. The van der Waals surface area contributed by atoms with E-state index >= 15 is 0 Å². The molecule has 4 aromatic rings. The second-order valence-electron chi connectivity index (χ2n) is 8.17. The quantitative estimate of drug-likeness (QED) is 0.440. The zero-order valence-electron chi connectivity index (χ0n) is 18.8. The van der Waals surface area contributed by atoms with Crippen molar-refractivity contribution in [2.75, 3.05) is 24.3 Å². The van der Waals surface area contributed by atoms with Crippen molar-refractivity contribution in [3.05, 3.63) is 58.8 Å². The molecule has 3 heterocycles. The lowest BCUT2D eigenvalue weighted by atomic mass is 10.00. The first-order valence-electron chi connectivity index (χ1n) is 10.7. The van der Waals surface area contributed by atoms with Crippen molar-refractivity contribution in [2.45, 2.75) is 26.8 Å². The Morgan fingerprint density at radius 2 is 1.91 bits per heavy atom. The average Bonchev–Trinajstić information content (AvgIpc) is 3.10. The van der Waals surface area contributed by atoms with Crippen molar-refractivity contribution in [3.8, 4) is 5.75 Å². The third-order valence-corrected chi connectivity index (χ3v) is 5.96. The first kappa shape index (κ1) is 20.3. The van der Waals surface area contributed by atoms with Gasteiger partial charge in [0.25, 0.3) is 0 Å². The van der Waals surface area contributed by atoms with Crippen LogP contribution in [0.4, 0.5) is 23.1 Å². The summed E-state index contributed by atoms with van der Waals surface area (Å²) >= 11 is 0. The maximum absolute atomic E-state index is 5.61. The summed E-state index contributed by atoms with van der Waals surface area (Å²) in [6.45, 7) is 6.01. The number of anilines is 4. The standard InChI is InChI=1S/C24H27N7O/c1-14-6-5-7-15(2)21(14)28-22-18-13-26-24(29-23(18)31(3)30-22)27-19-10-16-8-9-25-12-17(16)11-20(19)32-4/h5-7,10-11,13,25H,8-9,12H2,1-4H3,(H,28,30)(H,26,27,29). The summed E-state index contributed by atoms with van der Waals surface area (Å²) in [5.74, 6) is 2.02. The highest BCUT2D eigenvalue weighted by Crippen LogP contribution is 2.33. The molecule has 8 heteroatoms. The fourth-order valence-electron chi connectivity index (χ4n) is 4.22. The molecule has 5 rings (SSSR count). The van der Waals surface area contributed by atoms with Crippen molar-refractivity contribution in [1.82, 2.24) is 25.1 Å². The molecule has 0 atom stereocenters. The lowest BCUT2D eigenvalue weighted by molar-refractivity contribution is 0.415. The van der Waals surface area contributed by atoms with Crippen molar-refractivity contribution in [3.63, 3.8) is 0 Å². The van der Waals surface area contributed by atoms with Crippen molar-refractivity contribution < 1.29 is 4.74 Å². The maximum atomic E-state index is 5.61. The molecule has 164 valence electrons. The molecule has 2 aromatic carbocycles. The van der Waals surface area contributed by atoms with Crippen LogP contribution in [0.3, 0.4) is 0 Å². The van der Waals surface area contributed by atoms with Gasteiger partial charge < -0.3 is 20.7 Å². The van der Waals surface area contributed by atoms with Crippen LogP contribution in [0.25, 0.3) is 11.0 Å². The Hall–Kier alpha value is -3.65.